The Morgan fingerprint density at radius 1 is 1.05 bits per heavy atom. The van der Waals surface area contributed by atoms with E-state index in [-0.39, 0.29) is 40.1 Å². The molecule has 0 aliphatic carbocycles. The van der Waals surface area contributed by atoms with Gasteiger partial charge in [0.1, 0.15) is 30.0 Å². The summed E-state index contributed by atoms with van der Waals surface area (Å²) < 4.78 is 85.8. The summed E-state index contributed by atoms with van der Waals surface area (Å²) in [5, 5.41) is 12.4. The quantitative estimate of drug-likeness (QED) is 0.145. The van der Waals surface area contributed by atoms with Gasteiger partial charge in [-0.3, -0.25) is 9.00 Å². The van der Waals surface area contributed by atoms with Crippen molar-refractivity contribution >= 4 is 33.2 Å². The number of aromatic amines is 1. The summed E-state index contributed by atoms with van der Waals surface area (Å²) in [6.07, 6.45) is -2.25. The molecule has 9 nitrogen and oxygen atoms in total. The molecule has 1 aromatic heterocycles. The molecule has 0 saturated carbocycles. The normalized spacial score (nSPS) is 13.0. The standard InChI is InChI=1S/C28H26F4N2O7S/c1-38-17-9-16(10-18(11-17)42(3)37)34-26(19-5-4-15(29)8-23(19)40-7-6-35)27(36)21-14-33-22-13-24(39-2)25(12-20(21)22)41-28(30,31)32/h4-5,8-14,26,33-35H,6-7H2,1-3H3. The van der Waals surface area contributed by atoms with Crippen molar-refractivity contribution in [1.29, 1.82) is 0 Å². The second-order valence-corrected chi connectivity index (χ2v) is 10.2. The molecule has 0 radical (unpaired) electrons. The van der Waals surface area contributed by atoms with E-state index in [9.17, 15) is 31.7 Å². The van der Waals surface area contributed by atoms with Crippen molar-refractivity contribution in [3.8, 4) is 23.0 Å². The first-order valence-electron chi connectivity index (χ1n) is 12.2. The molecule has 0 spiro atoms. The summed E-state index contributed by atoms with van der Waals surface area (Å²) in [5.41, 5.74) is 0.714. The van der Waals surface area contributed by atoms with Crippen molar-refractivity contribution in [3.63, 3.8) is 0 Å². The molecular formula is C28H26F4N2O7S. The van der Waals surface area contributed by atoms with Gasteiger partial charge in [0, 0.05) is 68.5 Å². The van der Waals surface area contributed by atoms with Crippen LogP contribution in [0.15, 0.2) is 59.6 Å². The van der Waals surface area contributed by atoms with Crippen LogP contribution in [0, 0.1) is 5.82 Å². The van der Waals surface area contributed by atoms with Gasteiger partial charge in [0.05, 0.1) is 26.3 Å². The molecule has 4 rings (SSSR count). The lowest BCUT2D eigenvalue weighted by molar-refractivity contribution is -0.275. The number of fused-ring (bicyclic) bond motifs is 1. The highest BCUT2D eigenvalue weighted by Crippen LogP contribution is 2.39. The second-order valence-electron chi connectivity index (χ2n) is 8.85. The Morgan fingerprint density at radius 3 is 2.45 bits per heavy atom. The van der Waals surface area contributed by atoms with Crippen LogP contribution in [-0.2, 0) is 10.8 Å². The number of benzene rings is 3. The Balaban J connectivity index is 1.88. The SMILES string of the molecule is COc1cc(NC(C(=O)c2c[nH]c3cc(OC)c(OC(F)(F)F)cc23)c2ccc(F)cc2OCCO)cc(S(C)=O)c1. The minimum Gasteiger partial charge on any atom is -0.497 e. The zero-order chi connectivity index (χ0) is 30.6. The third kappa shape index (κ3) is 6.94. The lowest BCUT2D eigenvalue weighted by Crippen LogP contribution is -2.23. The zero-order valence-corrected chi connectivity index (χ0v) is 23.3. The first kappa shape index (κ1) is 30.7. The van der Waals surface area contributed by atoms with Crippen LogP contribution in [0.5, 0.6) is 23.0 Å². The molecular weight excluding hydrogens is 584 g/mol. The number of carbonyl (C=O) groups is 1. The molecule has 3 aromatic carbocycles. The summed E-state index contributed by atoms with van der Waals surface area (Å²) >= 11 is 0. The zero-order valence-electron chi connectivity index (χ0n) is 22.5. The van der Waals surface area contributed by atoms with Gasteiger partial charge in [0.2, 0.25) is 0 Å². The number of H-pyrrole nitrogens is 1. The van der Waals surface area contributed by atoms with Crippen molar-refractivity contribution in [2.45, 2.75) is 17.3 Å². The van der Waals surface area contributed by atoms with Gasteiger partial charge in [0.15, 0.2) is 17.3 Å². The Hall–Kier alpha value is -4.30. The Labute approximate surface area is 239 Å². The number of rotatable bonds is 12. The number of aromatic nitrogens is 1. The fourth-order valence-corrected chi connectivity index (χ4v) is 4.85. The number of halogens is 4. The van der Waals surface area contributed by atoms with Gasteiger partial charge >= 0.3 is 6.36 Å². The van der Waals surface area contributed by atoms with Crippen LogP contribution >= 0.6 is 0 Å². The molecule has 0 amide bonds. The molecule has 2 atom stereocenters. The third-order valence-corrected chi connectivity index (χ3v) is 7.01. The minimum atomic E-state index is -5.03. The lowest BCUT2D eigenvalue weighted by Gasteiger charge is -2.23. The molecule has 14 heteroatoms. The van der Waals surface area contributed by atoms with Gasteiger partial charge in [-0.05, 0) is 30.3 Å². The van der Waals surface area contributed by atoms with Crippen molar-refractivity contribution in [3.05, 3.63) is 71.7 Å². The highest BCUT2D eigenvalue weighted by Gasteiger charge is 2.34. The predicted molar refractivity (Wildman–Crippen MR) is 147 cm³/mol. The molecule has 0 aliphatic heterocycles. The number of carbonyl (C=O) groups excluding carboxylic acids is 1. The van der Waals surface area contributed by atoms with E-state index >= 15 is 0 Å². The topological polar surface area (TPSA) is 119 Å². The molecule has 3 N–H and O–H groups in total. The Bertz CT molecular complexity index is 1620. The van der Waals surface area contributed by atoms with Crippen molar-refractivity contribution in [2.75, 3.05) is 39.0 Å². The van der Waals surface area contributed by atoms with Crippen molar-refractivity contribution in [1.82, 2.24) is 4.98 Å². The van der Waals surface area contributed by atoms with Crippen LogP contribution in [0.25, 0.3) is 10.9 Å². The molecule has 0 saturated heterocycles. The summed E-state index contributed by atoms with van der Waals surface area (Å²) in [5.74, 6) is -1.92. The highest BCUT2D eigenvalue weighted by molar-refractivity contribution is 7.84. The van der Waals surface area contributed by atoms with Crippen molar-refractivity contribution < 1.29 is 50.6 Å². The van der Waals surface area contributed by atoms with E-state index in [2.05, 4.69) is 15.0 Å². The average molecular weight is 611 g/mol. The Morgan fingerprint density at radius 2 is 1.81 bits per heavy atom. The number of nitrogens with one attached hydrogen (secondary N) is 2. The van der Waals surface area contributed by atoms with Gasteiger partial charge in [-0.2, -0.15) is 0 Å². The van der Waals surface area contributed by atoms with E-state index in [1.54, 1.807) is 12.1 Å². The monoisotopic (exact) mass is 610 g/mol. The van der Waals surface area contributed by atoms with Crippen LogP contribution in [0.3, 0.4) is 0 Å². The van der Waals surface area contributed by atoms with Crippen LogP contribution in [0.2, 0.25) is 0 Å². The molecule has 1 heterocycles. The molecule has 42 heavy (non-hydrogen) atoms. The summed E-state index contributed by atoms with van der Waals surface area (Å²) in [4.78, 5) is 17.4. The number of Topliss-reactive ketones (excluding diaryl/α,β-unsaturated/α-hetero) is 1. The number of ketones is 1. The van der Waals surface area contributed by atoms with E-state index in [1.807, 2.05) is 0 Å². The molecule has 2 unspecified atom stereocenters. The number of hydrogen-bond donors (Lipinski definition) is 3. The first-order chi connectivity index (χ1) is 19.9. The third-order valence-electron chi connectivity index (χ3n) is 6.11. The number of alkyl halides is 3. The summed E-state index contributed by atoms with van der Waals surface area (Å²) in [6.45, 7) is -0.601. The van der Waals surface area contributed by atoms with Crippen LogP contribution in [-0.4, -0.2) is 60.1 Å². The van der Waals surface area contributed by atoms with Gasteiger partial charge in [0.25, 0.3) is 0 Å². The first-order valence-corrected chi connectivity index (χ1v) is 13.8. The number of aliphatic hydroxyl groups is 1. The summed E-state index contributed by atoms with van der Waals surface area (Å²) in [7, 11) is 1.16. The maximum Gasteiger partial charge on any atom is 0.573 e. The number of hydrogen-bond acceptors (Lipinski definition) is 8. The van der Waals surface area contributed by atoms with Gasteiger partial charge in [-0.25, -0.2) is 4.39 Å². The van der Waals surface area contributed by atoms with Crippen molar-refractivity contribution in [2.24, 2.45) is 0 Å². The number of aliphatic hydroxyl groups excluding tert-OH is 1. The number of anilines is 1. The fourth-order valence-electron chi connectivity index (χ4n) is 4.27. The summed E-state index contributed by atoms with van der Waals surface area (Å²) in [6, 6.07) is 9.08. The highest BCUT2D eigenvalue weighted by atomic mass is 32.2. The number of ether oxygens (including phenoxy) is 4. The lowest BCUT2D eigenvalue weighted by atomic mass is 9.95. The minimum absolute atomic E-state index is 0.0307. The maximum absolute atomic E-state index is 14.2. The van der Waals surface area contributed by atoms with Gasteiger partial charge in [-0.1, -0.05) is 0 Å². The van der Waals surface area contributed by atoms with E-state index in [0.29, 0.717) is 16.3 Å². The van der Waals surface area contributed by atoms with E-state index < -0.39 is 47.2 Å². The largest absolute Gasteiger partial charge is 0.573 e. The molecule has 0 aliphatic rings. The van der Waals surface area contributed by atoms with Gasteiger partial charge < -0.3 is 34.4 Å². The average Bonchev–Trinajstić information content (AvgIpc) is 3.35. The second kappa shape index (κ2) is 12.7. The Kier molecular flexibility index (Phi) is 9.27. The van der Waals surface area contributed by atoms with E-state index in [0.717, 1.165) is 18.2 Å². The molecule has 0 bridgehead atoms. The van der Waals surface area contributed by atoms with Gasteiger partial charge in [-0.15, -0.1) is 13.2 Å². The smallest absolute Gasteiger partial charge is 0.497 e. The van der Waals surface area contributed by atoms with Crippen LogP contribution in [0.4, 0.5) is 23.2 Å². The van der Waals surface area contributed by atoms with E-state index in [1.165, 1.54) is 44.9 Å². The van der Waals surface area contributed by atoms with Crippen LogP contribution in [0.1, 0.15) is 22.0 Å². The van der Waals surface area contributed by atoms with Crippen LogP contribution < -0.4 is 24.3 Å². The molecule has 224 valence electrons. The molecule has 0 fully saturated rings. The maximum atomic E-state index is 14.2. The molecule has 4 aromatic rings. The predicted octanol–water partition coefficient (Wildman–Crippen LogP) is 5.37. The van der Waals surface area contributed by atoms with E-state index in [4.69, 9.17) is 14.2 Å². The fraction of sp³-hybridized carbons (Fsp3) is 0.250. The number of methoxy groups -OCH3 is 2.